The fourth-order valence-corrected chi connectivity index (χ4v) is 1.89. The molecule has 0 heterocycles. The number of thioether (sulfide) groups is 1. The highest BCUT2D eigenvalue weighted by Crippen LogP contribution is 2.27. The van der Waals surface area contributed by atoms with E-state index in [1.54, 1.807) is 11.8 Å². The normalized spacial score (nSPS) is 10.1. The first kappa shape index (κ1) is 10.1. The summed E-state index contributed by atoms with van der Waals surface area (Å²) >= 11 is 1.69. The van der Waals surface area contributed by atoms with Gasteiger partial charge in [-0.25, -0.2) is 0 Å². The lowest BCUT2D eigenvalue weighted by atomic mass is 10.0. The van der Waals surface area contributed by atoms with Crippen molar-refractivity contribution in [2.24, 2.45) is 0 Å². The van der Waals surface area contributed by atoms with E-state index in [1.807, 2.05) is 31.4 Å². The zero-order valence-electron chi connectivity index (χ0n) is 7.87. The van der Waals surface area contributed by atoms with Crippen molar-refractivity contribution in [3.63, 3.8) is 0 Å². The molecule has 0 aromatic heterocycles. The number of hydrogen-bond acceptors (Lipinski definition) is 2. The van der Waals surface area contributed by atoms with Gasteiger partial charge in [0, 0.05) is 4.90 Å². The highest BCUT2D eigenvalue weighted by molar-refractivity contribution is 7.98. The molecule has 0 aliphatic carbocycles. The molecular weight excluding hydrogens is 178 g/mol. The lowest BCUT2D eigenvalue weighted by Crippen LogP contribution is -1.92. The zero-order valence-corrected chi connectivity index (χ0v) is 8.69. The Balaban J connectivity index is 3.20. The second-order valence-electron chi connectivity index (χ2n) is 2.97. The molecule has 0 saturated carbocycles. The van der Waals surface area contributed by atoms with Gasteiger partial charge in [-0.1, -0.05) is 6.92 Å². The number of nitriles is 1. The second-order valence-corrected chi connectivity index (χ2v) is 3.82. The van der Waals surface area contributed by atoms with Gasteiger partial charge < -0.3 is 0 Å². The quantitative estimate of drug-likeness (QED) is 0.668. The van der Waals surface area contributed by atoms with E-state index in [0.717, 1.165) is 5.56 Å². The van der Waals surface area contributed by atoms with Gasteiger partial charge in [-0.2, -0.15) is 5.26 Å². The summed E-state index contributed by atoms with van der Waals surface area (Å²) in [6, 6.07) is 7.89. The average molecular weight is 190 g/mol. The van der Waals surface area contributed by atoms with Gasteiger partial charge in [0.1, 0.15) is 0 Å². The standard InChI is InChI=1S/C11H12NS/c1-8(2)10-6-9(7-12)4-5-11(10)13-3/h4-6,8H,1H2,2-3H3. The Kier molecular flexibility index (Phi) is 3.39. The molecule has 0 N–H and O–H groups in total. The minimum atomic E-state index is 0.232. The highest BCUT2D eigenvalue weighted by atomic mass is 32.2. The molecule has 0 aliphatic rings. The van der Waals surface area contributed by atoms with Gasteiger partial charge in [-0.05, 0) is 42.9 Å². The SMILES string of the molecule is [CH2]C(C)c1cc(C#N)ccc1SC. The van der Waals surface area contributed by atoms with Crippen LogP contribution in [0.4, 0.5) is 0 Å². The third-order valence-electron chi connectivity index (χ3n) is 1.89. The number of benzene rings is 1. The van der Waals surface area contributed by atoms with E-state index >= 15 is 0 Å². The summed E-state index contributed by atoms with van der Waals surface area (Å²) in [4.78, 5) is 1.21. The molecule has 0 fully saturated rings. The summed E-state index contributed by atoms with van der Waals surface area (Å²) in [6.07, 6.45) is 2.03. The Morgan fingerprint density at radius 1 is 1.54 bits per heavy atom. The van der Waals surface area contributed by atoms with E-state index in [4.69, 9.17) is 5.26 Å². The van der Waals surface area contributed by atoms with E-state index in [0.29, 0.717) is 5.56 Å². The van der Waals surface area contributed by atoms with Crippen molar-refractivity contribution in [1.82, 2.24) is 0 Å². The van der Waals surface area contributed by atoms with Gasteiger partial charge in [-0.15, -0.1) is 11.8 Å². The molecule has 1 unspecified atom stereocenters. The minimum absolute atomic E-state index is 0.232. The molecule has 1 radical (unpaired) electrons. The topological polar surface area (TPSA) is 23.8 Å². The van der Waals surface area contributed by atoms with Crippen LogP contribution >= 0.6 is 11.8 Å². The maximum atomic E-state index is 8.73. The number of rotatable bonds is 2. The molecule has 1 rings (SSSR count). The van der Waals surface area contributed by atoms with Crippen molar-refractivity contribution >= 4 is 11.8 Å². The van der Waals surface area contributed by atoms with Gasteiger partial charge in [0.25, 0.3) is 0 Å². The van der Waals surface area contributed by atoms with Crippen LogP contribution in [-0.4, -0.2) is 6.26 Å². The summed E-state index contributed by atoms with van der Waals surface area (Å²) in [6.45, 7) is 6.01. The van der Waals surface area contributed by atoms with Crippen molar-refractivity contribution < 1.29 is 0 Å². The van der Waals surface area contributed by atoms with E-state index < -0.39 is 0 Å². The van der Waals surface area contributed by atoms with Gasteiger partial charge in [0.2, 0.25) is 0 Å². The molecule has 1 aromatic rings. The van der Waals surface area contributed by atoms with Gasteiger partial charge in [0.15, 0.2) is 0 Å². The van der Waals surface area contributed by atoms with Crippen LogP contribution in [0, 0.1) is 18.3 Å². The maximum Gasteiger partial charge on any atom is 0.0991 e. The lowest BCUT2D eigenvalue weighted by Gasteiger charge is -2.10. The number of hydrogen-bond donors (Lipinski definition) is 0. The molecule has 13 heavy (non-hydrogen) atoms. The van der Waals surface area contributed by atoms with Crippen molar-refractivity contribution in [2.75, 3.05) is 6.26 Å². The smallest absolute Gasteiger partial charge is 0.0991 e. The largest absolute Gasteiger partial charge is 0.192 e. The van der Waals surface area contributed by atoms with Crippen LogP contribution in [0.15, 0.2) is 23.1 Å². The highest BCUT2D eigenvalue weighted by Gasteiger charge is 2.06. The molecule has 0 aliphatic heterocycles. The Hall–Kier alpha value is -0.940. The predicted molar refractivity (Wildman–Crippen MR) is 56.7 cm³/mol. The summed E-state index contributed by atoms with van der Waals surface area (Å²) in [5.41, 5.74) is 1.87. The third kappa shape index (κ3) is 2.26. The maximum absolute atomic E-state index is 8.73. The van der Waals surface area contributed by atoms with Crippen LogP contribution < -0.4 is 0 Å². The second kappa shape index (κ2) is 4.34. The van der Waals surface area contributed by atoms with E-state index in [1.165, 1.54) is 4.90 Å². The predicted octanol–water partition coefficient (Wildman–Crippen LogP) is 3.22. The Morgan fingerprint density at radius 3 is 2.69 bits per heavy atom. The molecule has 0 saturated heterocycles. The first-order valence-corrected chi connectivity index (χ1v) is 5.32. The zero-order chi connectivity index (χ0) is 9.84. The fraction of sp³-hybridized carbons (Fsp3) is 0.273. The summed E-state index contributed by atoms with van der Waals surface area (Å²) in [5.74, 6) is 0.232. The Labute approximate surface area is 83.8 Å². The summed E-state index contributed by atoms with van der Waals surface area (Å²) < 4.78 is 0. The fourth-order valence-electron chi connectivity index (χ4n) is 1.19. The molecule has 2 heteroatoms. The first-order chi connectivity index (χ1) is 6.19. The van der Waals surface area contributed by atoms with Crippen LogP contribution in [-0.2, 0) is 0 Å². The number of nitrogens with zero attached hydrogens (tertiary/aromatic N) is 1. The monoisotopic (exact) mass is 190 g/mol. The van der Waals surface area contributed by atoms with E-state index in [9.17, 15) is 0 Å². The van der Waals surface area contributed by atoms with Crippen LogP contribution in [0.2, 0.25) is 0 Å². The van der Waals surface area contributed by atoms with Crippen molar-refractivity contribution in [2.45, 2.75) is 17.7 Å². The molecule has 0 amide bonds. The van der Waals surface area contributed by atoms with Crippen molar-refractivity contribution in [1.29, 1.82) is 5.26 Å². The summed E-state index contributed by atoms with van der Waals surface area (Å²) in [7, 11) is 0. The van der Waals surface area contributed by atoms with Gasteiger partial charge in [0.05, 0.1) is 11.6 Å². The van der Waals surface area contributed by atoms with Gasteiger partial charge >= 0.3 is 0 Å². The lowest BCUT2D eigenvalue weighted by molar-refractivity contribution is 0.930. The molecule has 67 valence electrons. The Morgan fingerprint density at radius 2 is 2.23 bits per heavy atom. The average Bonchev–Trinajstić information content (AvgIpc) is 2.16. The molecule has 0 spiro atoms. The third-order valence-corrected chi connectivity index (χ3v) is 2.70. The Bertz CT molecular complexity index is 336. The van der Waals surface area contributed by atoms with Crippen LogP contribution in [0.25, 0.3) is 0 Å². The molecule has 1 aromatic carbocycles. The molecule has 0 bridgehead atoms. The van der Waals surface area contributed by atoms with E-state index in [2.05, 4.69) is 13.0 Å². The molecular formula is C11H12NS. The minimum Gasteiger partial charge on any atom is -0.192 e. The van der Waals surface area contributed by atoms with Crippen molar-refractivity contribution in [3.8, 4) is 6.07 Å². The van der Waals surface area contributed by atoms with Crippen LogP contribution in [0.1, 0.15) is 24.0 Å². The van der Waals surface area contributed by atoms with Crippen molar-refractivity contribution in [3.05, 3.63) is 36.2 Å². The van der Waals surface area contributed by atoms with Crippen LogP contribution in [0.5, 0.6) is 0 Å². The summed E-state index contributed by atoms with van der Waals surface area (Å²) in [5, 5.41) is 8.73. The molecule has 1 atom stereocenters. The van der Waals surface area contributed by atoms with Crippen LogP contribution in [0.3, 0.4) is 0 Å². The van der Waals surface area contributed by atoms with E-state index in [-0.39, 0.29) is 5.92 Å². The first-order valence-electron chi connectivity index (χ1n) is 4.10. The van der Waals surface area contributed by atoms with Gasteiger partial charge in [-0.3, -0.25) is 0 Å². The molecule has 1 nitrogen and oxygen atoms in total.